The molecule has 0 aromatic heterocycles. The molecule has 1 aliphatic carbocycles. The maximum Gasteiger partial charge on any atom is 0.0594 e. The average molecular weight is 214 g/mol. The van der Waals surface area contributed by atoms with Gasteiger partial charge in [-0.05, 0) is 31.7 Å². The van der Waals surface area contributed by atoms with Crippen molar-refractivity contribution in [3.8, 4) is 0 Å². The molecule has 15 heavy (non-hydrogen) atoms. The van der Waals surface area contributed by atoms with Gasteiger partial charge in [-0.15, -0.1) is 0 Å². The van der Waals surface area contributed by atoms with Gasteiger partial charge in [-0.2, -0.15) is 0 Å². The second-order valence-electron chi connectivity index (χ2n) is 4.85. The smallest absolute Gasteiger partial charge is 0.0594 e. The number of hydrogen-bond acceptors (Lipinski definition) is 3. The highest BCUT2D eigenvalue weighted by atomic mass is 16.5. The lowest BCUT2D eigenvalue weighted by molar-refractivity contribution is 0.104. The predicted molar refractivity (Wildman–Crippen MR) is 63.9 cm³/mol. The summed E-state index contributed by atoms with van der Waals surface area (Å²) in [6.45, 7) is 9.06. The maximum absolute atomic E-state index is 5.43. The van der Waals surface area contributed by atoms with Crippen molar-refractivity contribution in [2.24, 2.45) is 11.7 Å². The lowest BCUT2D eigenvalue weighted by atomic mass is 10.1. The second kappa shape index (κ2) is 7.20. The minimum absolute atomic E-state index is 0.634. The van der Waals surface area contributed by atoms with Crippen LogP contribution in [0.15, 0.2) is 0 Å². The van der Waals surface area contributed by atoms with E-state index in [1.807, 2.05) is 0 Å². The van der Waals surface area contributed by atoms with Gasteiger partial charge in [-0.3, -0.25) is 4.90 Å². The van der Waals surface area contributed by atoms with Crippen molar-refractivity contribution in [2.75, 3.05) is 32.8 Å². The molecule has 3 heteroatoms. The summed E-state index contributed by atoms with van der Waals surface area (Å²) in [6.07, 6.45) is 4.07. The van der Waals surface area contributed by atoms with Gasteiger partial charge in [0.2, 0.25) is 0 Å². The summed E-state index contributed by atoms with van der Waals surface area (Å²) in [5.74, 6) is 0.802. The van der Waals surface area contributed by atoms with Gasteiger partial charge in [0.15, 0.2) is 0 Å². The molecule has 0 atom stereocenters. The SMILES string of the molecule is CC(C)CCN(CCOCCN)C1CC1. The molecule has 1 aliphatic rings. The van der Waals surface area contributed by atoms with E-state index in [9.17, 15) is 0 Å². The van der Waals surface area contributed by atoms with Crippen molar-refractivity contribution in [1.29, 1.82) is 0 Å². The second-order valence-corrected chi connectivity index (χ2v) is 4.85. The van der Waals surface area contributed by atoms with E-state index in [0.717, 1.165) is 25.1 Å². The van der Waals surface area contributed by atoms with Crippen LogP contribution in [0.2, 0.25) is 0 Å². The summed E-state index contributed by atoms with van der Waals surface area (Å²) in [7, 11) is 0. The van der Waals surface area contributed by atoms with E-state index in [1.54, 1.807) is 0 Å². The number of ether oxygens (including phenoxy) is 1. The molecule has 0 spiro atoms. The third-order valence-corrected chi connectivity index (χ3v) is 2.84. The molecule has 0 saturated heterocycles. The van der Waals surface area contributed by atoms with E-state index in [0.29, 0.717) is 13.2 Å². The van der Waals surface area contributed by atoms with Crippen LogP contribution in [-0.2, 0) is 4.74 Å². The van der Waals surface area contributed by atoms with Crippen LogP contribution in [0.25, 0.3) is 0 Å². The largest absolute Gasteiger partial charge is 0.379 e. The van der Waals surface area contributed by atoms with E-state index in [2.05, 4.69) is 18.7 Å². The number of rotatable bonds is 9. The van der Waals surface area contributed by atoms with Crippen molar-refractivity contribution < 1.29 is 4.74 Å². The summed E-state index contributed by atoms with van der Waals surface area (Å²) in [6, 6.07) is 0.852. The van der Waals surface area contributed by atoms with Crippen molar-refractivity contribution in [3.05, 3.63) is 0 Å². The molecule has 90 valence electrons. The monoisotopic (exact) mass is 214 g/mol. The molecule has 1 saturated carbocycles. The van der Waals surface area contributed by atoms with E-state index < -0.39 is 0 Å². The minimum atomic E-state index is 0.634. The van der Waals surface area contributed by atoms with E-state index in [1.165, 1.54) is 25.8 Å². The fourth-order valence-corrected chi connectivity index (χ4v) is 1.71. The first-order chi connectivity index (χ1) is 7.24. The lowest BCUT2D eigenvalue weighted by Gasteiger charge is -2.22. The summed E-state index contributed by atoms with van der Waals surface area (Å²) in [5.41, 5.74) is 5.38. The van der Waals surface area contributed by atoms with Crippen LogP contribution >= 0.6 is 0 Å². The van der Waals surface area contributed by atoms with Crippen LogP contribution in [0.3, 0.4) is 0 Å². The van der Waals surface area contributed by atoms with Gasteiger partial charge < -0.3 is 10.5 Å². The zero-order valence-electron chi connectivity index (χ0n) is 10.2. The molecule has 3 nitrogen and oxygen atoms in total. The summed E-state index contributed by atoms with van der Waals surface area (Å²) in [5, 5.41) is 0. The van der Waals surface area contributed by atoms with Crippen molar-refractivity contribution >= 4 is 0 Å². The molecule has 0 aromatic carbocycles. The van der Waals surface area contributed by atoms with Gasteiger partial charge in [0.1, 0.15) is 0 Å². The van der Waals surface area contributed by atoms with Crippen LogP contribution in [0, 0.1) is 5.92 Å². The van der Waals surface area contributed by atoms with Gasteiger partial charge >= 0.3 is 0 Å². The highest BCUT2D eigenvalue weighted by Gasteiger charge is 2.28. The highest BCUT2D eigenvalue weighted by molar-refractivity contribution is 4.84. The normalized spacial score (nSPS) is 16.6. The van der Waals surface area contributed by atoms with Gasteiger partial charge in [0.05, 0.1) is 13.2 Å². The molecule has 1 rings (SSSR count). The Balaban J connectivity index is 2.07. The fourth-order valence-electron chi connectivity index (χ4n) is 1.71. The highest BCUT2D eigenvalue weighted by Crippen LogP contribution is 2.26. The first-order valence-corrected chi connectivity index (χ1v) is 6.26. The average Bonchev–Trinajstić information content (AvgIpc) is 3.00. The zero-order valence-corrected chi connectivity index (χ0v) is 10.2. The Morgan fingerprint density at radius 3 is 2.53 bits per heavy atom. The third-order valence-electron chi connectivity index (χ3n) is 2.84. The van der Waals surface area contributed by atoms with Crippen LogP contribution in [0.1, 0.15) is 33.1 Å². The molecule has 0 bridgehead atoms. The Morgan fingerprint density at radius 1 is 1.27 bits per heavy atom. The first-order valence-electron chi connectivity index (χ1n) is 6.26. The Labute approximate surface area is 94.0 Å². The number of nitrogens with zero attached hydrogens (tertiary/aromatic N) is 1. The Bertz CT molecular complexity index is 158. The van der Waals surface area contributed by atoms with Gasteiger partial charge in [-0.25, -0.2) is 0 Å². The van der Waals surface area contributed by atoms with E-state index in [-0.39, 0.29) is 0 Å². The molecule has 0 amide bonds. The van der Waals surface area contributed by atoms with Crippen molar-refractivity contribution in [3.63, 3.8) is 0 Å². The standard InChI is InChI=1S/C12H26N2O/c1-11(2)5-7-14(12-3-4-12)8-10-15-9-6-13/h11-12H,3-10,13H2,1-2H3. The molecule has 0 aliphatic heterocycles. The fraction of sp³-hybridized carbons (Fsp3) is 1.00. The summed E-state index contributed by atoms with van der Waals surface area (Å²) in [4.78, 5) is 2.58. The Kier molecular flexibility index (Phi) is 6.22. The van der Waals surface area contributed by atoms with Crippen LogP contribution in [-0.4, -0.2) is 43.8 Å². The van der Waals surface area contributed by atoms with E-state index >= 15 is 0 Å². The number of hydrogen-bond donors (Lipinski definition) is 1. The molecular weight excluding hydrogens is 188 g/mol. The predicted octanol–water partition coefficient (Wildman–Crippen LogP) is 1.47. The van der Waals surface area contributed by atoms with Crippen LogP contribution in [0.4, 0.5) is 0 Å². The molecule has 0 unspecified atom stereocenters. The molecule has 2 N–H and O–H groups in total. The quantitative estimate of drug-likeness (QED) is 0.591. The summed E-state index contributed by atoms with van der Waals surface area (Å²) >= 11 is 0. The van der Waals surface area contributed by atoms with Crippen molar-refractivity contribution in [1.82, 2.24) is 4.90 Å². The van der Waals surface area contributed by atoms with Crippen LogP contribution < -0.4 is 5.73 Å². The van der Waals surface area contributed by atoms with E-state index in [4.69, 9.17) is 10.5 Å². The Hall–Kier alpha value is -0.120. The molecule has 0 aromatic rings. The molecule has 0 heterocycles. The Morgan fingerprint density at radius 2 is 2.00 bits per heavy atom. The zero-order chi connectivity index (χ0) is 11.1. The maximum atomic E-state index is 5.43. The van der Waals surface area contributed by atoms with Gasteiger partial charge in [0.25, 0.3) is 0 Å². The lowest BCUT2D eigenvalue weighted by Crippen LogP contribution is -2.31. The molecular formula is C12H26N2O. The van der Waals surface area contributed by atoms with Gasteiger partial charge in [0, 0.05) is 19.1 Å². The van der Waals surface area contributed by atoms with Gasteiger partial charge in [-0.1, -0.05) is 13.8 Å². The minimum Gasteiger partial charge on any atom is -0.379 e. The third kappa shape index (κ3) is 6.13. The van der Waals surface area contributed by atoms with Crippen molar-refractivity contribution in [2.45, 2.75) is 39.2 Å². The molecule has 0 radical (unpaired) electrons. The number of nitrogens with two attached hydrogens (primary N) is 1. The first kappa shape index (κ1) is 12.9. The molecule has 1 fully saturated rings. The van der Waals surface area contributed by atoms with Crippen LogP contribution in [0.5, 0.6) is 0 Å². The summed E-state index contributed by atoms with van der Waals surface area (Å²) < 4.78 is 5.43. The topological polar surface area (TPSA) is 38.5 Å².